The average Bonchev–Trinajstić information content (AvgIpc) is 2.55. The molecule has 0 bridgehead atoms. The predicted molar refractivity (Wildman–Crippen MR) is 93.8 cm³/mol. The summed E-state index contributed by atoms with van der Waals surface area (Å²) in [6.07, 6.45) is 5.30. The van der Waals surface area contributed by atoms with E-state index in [1.54, 1.807) is 25.8 Å². The van der Waals surface area contributed by atoms with Crippen LogP contribution < -0.4 is 4.74 Å². The second-order valence-corrected chi connectivity index (χ2v) is 6.25. The van der Waals surface area contributed by atoms with Crippen molar-refractivity contribution in [2.45, 2.75) is 30.8 Å². The quantitative estimate of drug-likeness (QED) is 0.358. The summed E-state index contributed by atoms with van der Waals surface area (Å²) in [6, 6.07) is 8.02. The van der Waals surface area contributed by atoms with Crippen molar-refractivity contribution in [1.29, 1.82) is 0 Å². The molecule has 0 unspecified atom stereocenters. The third-order valence-electron chi connectivity index (χ3n) is 2.98. The Hall–Kier alpha value is -1.13. The van der Waals surface area contributed by atoms with E-state index in [-0.39, 0.29) is 11.2 Å². The molecular weight excluding hydrogens is 320 g/mol. The normalized spacial score (nSPS) is 12.3. The lowest BCUT2D eigenvalue weighted by molar-refractivity contribution is -0.137. The fourth-order valence-corrected chi connectivity index (χ4v) is 3.09. The molecule has 0 fully saturated rings. The van der Waals surface area contributed by atoms with Crippen molar-refractivity contribution in [3.05, 3.63) is 42.0 Å². The maximum absolute atomic E-state index is 11.4. The van der Waals surface area contributed by atoms with Crippen molar-refractivity contribution in [2.75, 3.05) is 19.6 Å². The van der Waals surface area contributed by atoms with E-state index in [1.807, 2.05) is 18.2 Å². The predicted octanol–water partition coefficient (Wildman–Crippen LogP) is 4.44. The second kappa shape index (κ2) is 11.4. The molecule has 1 rings (SSSR count). The molecule has 0 N–H and O–H groups in total. The Morgan fingerprint density at radius 3 is 2.68 bits per heavy atom. The summed E-state index contributed by atoms with van der Waals surface area (Å²) in [5, 5.41) is 0.255. The molecule has 0 amide bonds. The van der Waals surface area contributed by atoms with E-state index in [9.17, 15) is 4.79 Å². The molecule has 0 spiro atoms. The summed E-state index contributed by atoms with van der Waals surface area (Å²) >= 11 is 7.56. The first-order valence-electron chi connectivity index (χ1n) is 7.35. The third kappa shape index (κ3) is 7.76. The number of esters is 1. The highest BCUT2D eigenvalue weighted by Crippen LogP contribution is 2.24. The lowest BCUT2D eigenvalue weighted by atomic mass is 10.2. The van der Waals surface area contributed by atoms with E-state index in [0.717, 1.165) is 24.3 Å². The smallest absolute Gasteiger partial charge is 0.330 e. The van der Waals surface area contributed by atoms with Crippen LogP contribution in [-0.4, -0.2) is 30.8 Å². The van der Waals surface area contributed by atoms with Gasteiger partial charge in [0.15, 0.2) is 0 Å². The van der Waals surface area contributed by atoms with Crippen molar-refractivity contribution in [1.82, 2.24) is 0 Å². The fourth-order valence-electron chi connectivity index (χ4n) is 1.81. The summed E-state index contributed by atoms with van der Waals surface area (Å²) in [5.41, 5.74) is 1.23. The summed E-state index contributed by atoms with van der Waals surface area (Å²) in [6.45, 7) is 2.20. The minimum atomic E-state index is -0.288. The molecule has 22 heavy (non-hydrogen) atoms. The van der Waals surface area contributed by atoms with Crippen LogP contribution >= 0.6 is 23.4 Å². The Morgan fingerprint density at radius 2 is 2.09 bits per heavy atom. The topological polar surface area (TPSA) is 35.5 Å². The molecule has 1 aromatic rings. The van der Waals surface area contributed by atoms with Gasteiger partial charge in [0.2, 0.25) is 0 Å². The van der Waals surface area contributed by atoms with Gasteiger partial charge < -0.3 is 9.47 Å². The van der Waals surface area contributed by atoms with Gasteiger partial charge in [-0.25, -0.2) is 4.79 Å². The molecule has 0 saturated carbocycles. The molecule has 0 radical (unpaired) electrons. The van der Waals surface area contributed by atoms with Gasteiger partial charge in [0.05, 0.1) is 13.7 Å². The van der Waals surface area contributed by atoms with E-state index < -0.39 is 0 Å². The Kier molecular flexibility index (Phi) is 9.84. The SMILES string of the molecule is CCOC(=O)/C=C/[C@H](CCCCl)SCc1ccc(OC)cc1. The molecule has 0 saturated heterocycles. The van der Waals surface area contributed by atoms with Crippen LogP contribution in [0.4, 0.5) is 0 Å². The van der Waals surface area contributed by atoms with Gasteiger partial charge in [-0.1, -0.05) is 18.2 Å². The maximum atomic E-state index is 11.4. The first kappa shape index (κ1) is 18.9. The molecule has 1 aromatic carbocycles. The Bertz CT molecular complexity index is 459. The number of carbonyl (C=O) groups excluding carboxylic acids is 1. The number of halogens is 1. The van der Waals surface area contributed by atoms with Gasteiger partial charge in [0.1, 0.15) is 5.75 Å². The van der Waals surface area contributed by atoms with Gasteiger partial charge in [-0.05, 0) is 37.5 Å². The number of hydrogen-bond donors (Lipinski definition) is 0. The van der Waals surface area contributed by atoms with Gasteiger partial charge in [-0.2, -0.15) is 0 Å². The van der Waals surface area contributed by atoms with E-state index >= 15 is 0 Å². The van der Waals surface area contributed by atoms with Crippen molar-refractivity contribution >= 4 is 29.3 Å². The zero-order valence-electron chi connectivity index (χ0n) is 13.1. The van der Waals surface area contributed by atoms with Crippen LogP contribution in [-0.2, 0) is 15.3 Å². The van der Waals surface area contributed by atoms with E-state index in [0.29, 0.717) is 12.5 Å². The molecule has 5 heteroatoms. The molecule has 0 aliphatic carbocycles. The van der Waals surface area contributed by atoms with Crippen molar-refractivity contribution in [2.24, 2.45) is 0 Å². The van der Waals surface area contributed by atoms with Crippen LogP contribution in [0.3, 0.4) is 0 Å². The molecule has 0 aliphatic rings. The van der Waals surface area contributed by atoms with Crippen molar-refractivity contribution < 1.29 is 14.3 Å². The Labute approximate surface area is 142 Å². The fraction of sp³-hybridized carbons (Fsp3) is 0.471. The van der Waals surface area contributed by atoms with Crippen LogP contribution in [0.2, 0.25) is 0 Å². The van der Waals surface area contributed by atoms with Crippen LogP contribution in [0.5, 0.6) is 5.75 Å². The van der Waals surface area contributed by atoms with Gasteiger partial charge in [0, 0.05) is 23.0 Å². The number of ether oxygens (including phenoxy) is 2. The van der Waals surface area contributed by atoms with Crippen LogP contribution in [0.25, 0.3) is 0 Å². The number of methoxy groups -OCH3 is 1. The van der Waals surface area contributed by atoms with E-state index in [2.05, 4.69) is 12.1 Å². The third-order valence-corrected chi connectivity index (χ3v) is 4.57. The monoisotopic (exact) mass is 342 g/mol. The van der Waals surface area contributed by atoms with Gasteiger partial charge >= 0.3 is 5.97 Å². The molecule has 3 nitrogen and oxygen atoms in total. The van der Waals surface area contributed by atoms with Gasteiger partial charge in [-0.15, -0.1) is 23.4 Å². The summed E-state index contributed by atoms with van der Waals surface area (Å²) in [4.78, 5) is 11.4. The zero-order valence-corrected chi connectivity index (χ0v) is 14.7. The number of benzene rings is 1. The molecule has 0 heterocycles. The summed E-state index contributed by atoms with van der Waals surface area (Å²) < 4.78 is 10.1. The minimum absolute atomic E-state index is 0.255. The molecule has 0 aromatic heterocycles. The number of alkyl halides is 1. The lowest BCUT2D eigenvalue weighted by Crippen LogP contribution is -2.04. The first-order chi connectivity index (χ1) is 10.7. The first-order valence-corrected chi connectivity index (χ1v) is 8.93. The molecule has 0 aliphatic heterocycles. The largest absolute Gasteiger partial charge is 0.497 e. The Morgan fingerprint density at radius 1 is 1.36 bits per heavy atom. The minimum Gasteiger partial charge on any atom is -0.497 e. The van der Waals surface area contributed by atoms with Gasteiger partial charge in [-0.3, -0.25) is 0 Å². The molecule has 1 atom stereocenters. The summed E-state index contributed by atoms with van der Waals surface area (Å²) in [5.74, 6) is 2.08. The lowest BCUT2D eigenvalue weighted by Gasteiger charge is -2.12. The van der Waals surface area contributed by atoms with Crippen molar-refractivity contribution in [3.63, 3.8) is 0 Å². The number of hydrogen-bond acceptors (Lipinski definition) is 4. The highest BCUT2D eigenvalue weighted by Gasteiger charge is 2.07. The zero-order chi connectivity index (χ0) is 16.2. The molecular formula is C17H23ClO3S. The van der Waals surface area contributed by atoms with Crippen molar-refractivity contribution in [3.8, 4) is 5.75 Å². The average molecular weight is 343 g/mol. The van der Waals surface area contributed by atoms with E-state index in [4.69, 9.17) is 21.1 Å². The summed E-state index contributed by atoms with van der Waals surface area (Å²) in [7, 11) is 1.66. The molecule has 122 valence electrons. The van der Waals surface area contributed by atoms with Gasteiger partial charge in [0.25, 0.3) is 0 Å². The van der Waals surface area contributed by atoms with Crippen LogP contribution in [0.1, 0.15) is 25.3 Å². The number of carbonyl (C=O) groups is 1. The second-order valence-electron chi connectivity index (χ2n) is 4.64. The highest BCUT2D eigenvalue weighted by molar-refractivity contribution is 7.99. The maximum Gasteiger partial charge on any atom is 0.330 e. The Balaban J connectivity index is 2.53. The standard InChI is InChI=1S/C17H23ClO3S/c1-3-21-17(19)11-10-16(5-4-12-18)22-13-14-6-8-15(20-2)9-7-14/h6-11,16H,3-5,12-13H2,1-2H3/b11-10+/t16-/m0/s1. The van der Waals surface area contributed by atoms with Crippen LogP contribution in [0, 0.1) is 0 Å². The highest BCUT2D eigenvalue weighted by atomic mass is 35.5. The number of thioether (sulfide) groups is 1. The van der Waals surface area contributed by atoms with Crippen LogP contribution in [0.15, 0.2) is 36.4 Å². The van der Waals surface area contributed by atoms with E-state index in [1.165, 1.54) is 11.6 Å². The number of rotatable bonds is 10.